The van der Waals surface area contributed by atoms with Crippen LogP contribution < -0.4 is 5.32 Å². The summed E-state index contributed by atoms with van der Waals surface area (Å²) in [6.07, 6.45) is 5.60. The second kappa shape index (κ2) is 6.61. The predicted octanol–water partition coefficient (Wildman–Crippen LogP) is 4.17. The average Bonchev–Trinajstić information content (AvgIpc) is 3.12. The molecule has 1 aliphatic heterocycles. The van der Waals surface area contributed by atoms with Crippen molar-refractivity contribution in [2.45, 2.75) is 12.6 Å². The molecule has 3 heterocycles. The number of rotatable bonds is 2. The highest BCUT2D eigenvalue weighted by Gasteiger charge is 2.32. The van der Waals surface area contributed by atoms with Crippen LogP contribution in [0, 0.1) is 0 Å². The Bertz CT molecular complexity index is 876. The molecule has 0 unspecified atom stereocenters. The maximum Gasteiger partial charge on any atom is 0.322 e. The average molecular weight is 353 g/mol. The molecule has 5 nitrogen and oxygen atoms in total. The van der Waals surface area contributed by atoms with Gasteiger partial charge in [0.1, 0.15) is 6.04 Å². The molecule has 2 aromatic heterocycles. The number of carbonyl (C=O) groups is 1. The predicted molar refractivity (Wildman–Crippen MR) is 97.7 cm³/mol. The number of hydrogen-bond donors (Lipinski definition) is 1. The third kappa shape index (κ3) is 3.10. The van der Waals surface area contributed by atoms with Crippen LogP contribution in [0.3, 0.4) is 0 Å². The number of pyridine rings is 1. The molecule has 0 radical (unpaired) electrons. The Balaban J connectivity index is 1.65. The number of benzene rings is 1. The van der Waals surface area contributed by atoms with Crippen molar-refractivity contribution in [3.05, 3.63) is 83.4 Å². The van der Waals surface area contributed by atoms with Crippen molar-refractivity contribution in [2.75, 3.05) is 11.9 Å². The quantitative estimate of drug-likeness (QED) is 0.752. The Kier molecular flexibility index (Phi) is 4.15. The lowest BCUT2D eigenvalue weighted by Gasteiger charge is -2.37. The maximum atomic E-state index is 12.9. The molecule has 4 rings (SSSR count). The number of amides is 2. The minimum atomic E-state index is -0.162. The molecule has 6 heteroatoms. The number of hydrogen-bond acceptors (Lipinski definition) is 2. The normalized spacial score (nSPS) is 16.4. The van der Waals surface area contributed by atoms with E-state index in [4.69, 9.17) is 11.6 Å². The van der Waals surface area contributed by atoms with Gasteiger partial charge in [-0.2, -0.15) is 0 Å². The van der Waals surface area contributed by atoms with Gasteiger partial charge >= 0.3 is 6.03 Å². The minimum absolute atomic E-state index is 0.136. The van der Waals surface area contributed by atoms with Gasteiger partial charge < -0.3 is 14.8 Å². The second-order valence-electron chi connectivity index (χ2n) is 5.95. The van der Waals surface area contributed by atoms with E-state index in [1.54, 1.807) is 30.5 Å². The van der Waals surface area contributed by atoms with E-state index in [1.807, 2.05) is 35.5 Å². The summed E-state index contributed by atoms with van der Waals surface area (Å²) in [5, 5.41) is 3.60. The van der Waals surface area contributed by atoms with Crippen molar-refractivity contribution >= 4 is 23.3 Å². The fourth-order valence-electron chi connectivity index (χ4n) is 3.22. The highest BCUT2D eigenvalue weighted by atomic mass is 35.5. The molecule has 1 atom stereocenters. The zero-order valence-corrected chi connectivity index (χ0v) is 14.2. The first-order valence-electron chi connectivity index (χ1n) is 8.10. The molecule has 1 aromatic carbocycles. The Hall–Kier alpha value is -2.79. The molecule has 2 amide bonds. The van der Waals surface area contributed by atoms with Gasteiger partial charge in [-0.25, -0.2) is 4.79 Å². The molecule has 0 bridgehead atoms. The number of aromatic nitrogens is 2. The van der Waals surface area contributed by atoms with Gasteiger partial charge in [-0.1, -0.05) is 17.7 Å². The van der Waals surface area contributed by atoms with E-state index in [0.29, 0.717) is 11.6 Å². The molecule has 0 saturated heterocycles. The molecule has 0 saturated carbocycles. The van der Waals surface area contributed by atoms with Gasteiger partial charge in [0.2, 0.25) is 0 Å². The van der Waals surface area contributed by atoms with E-state index in [0.717, 1.165) is 23.5 Å². The molecule has 1 aliphatic rings. The lowest BCUT2D eigenvalue weighted by Crippen LogP contribution is -2.44. The lowest BCUT2D eigenvalue weighted by molar-refractivity contribution is 0.181. The van der Waals surface area contributed by atoms with E-state index in [2.05, 4.69) is 20.9 Å². The smallest absolute Gasteiger partial charge is 0.322 e. The second-order valence-corrected chi connectivity index (χ2v) is 6.38. The third-order valence-corrected chi connectivity index (χ3v) is 4.65. The van der Waals surface area contributed by atoms with Crippen LogP contribution in [-0.2, 0) is 6.54 Å². The van der Waals surface area contributed by atoms with Crippen LogP contribution in [0.15, 0.2) is 67.1 Å². The number of carbonyl (C=O) groups excluding carboxylic acids is 1. The van der Waals surface area contributed by atoms with E-state index >= 15 is 0 Å². The minimum Gasteiger partial charge on any atom is -0.348 e. The van der Waals surface area contributed by atoms with Crippen LogP contribution in [0.1, 0.15) is 17.3 Å². The van der Waals surface area contributed by atoms with Crippen LogP contribution in [-0.4, -0.2) is 27.0 Å². The molecule has 0 aliphatic carbocycles. The van der Waals surface area contributed by atoms with Crippen LogP contribution in [0.2, 0.25) is 5.02 Å². The first kappa shape index (κ1) is 15.7. The molecule has 0 fully saturated rings. The summed E-state index contributed by atoms with van der Waals surface area (Å²) < 4.78 is 2.18. The van der Waals surface area contributed by atoms with Crippen molar-refractivity contribution < 1.29 is 4.79 Å². The maximum absolute atomic E-state index is 12.9. The topological polar surface area (TPSA) is 50.2 Å². The highest BCUT2D eigenvalue weighted by molar-refractivity contribution is 6.30. The summed E-state index contributed by atoms with van der Waals surface area (Å²) in [5.74, 6) is 0. The monoisotopic (exact) mass is 352 g/mol. The van der Waals surface area contributed by atoms with E-state index in [1.165, 1.54) is 0 Å². The lowest BCUT2D eigenvalue weighted by atomic mass is 10.0. The first-order valence-corrected chi connectivity index (χ1v) is 8.48. The van der Waals surface area contributed by atoms with Crippen LogP contribution in [0.4, 0.5) is 10.5 Å². The molecular weight excluding hydrogens is 336 g/mol. The first-order chi connectivity index (χ1) is 12.2. The van der Waals surface area contributed by atoms with Gasteiger partial charge in [0.25, 0.3) is 0 Å². The van der Waals surface area contributed by atoms with Crippen molar-refractivity contribution in [1.29, 1.82) is 0 Å². The zero-order chi connectivity index (χ0) is 17.2. The van der Waals surface area contributed by atoms with Crippen molar-refractivity contribution in [1.82, 2.24) is 14.5 Å². The van der Waals surface area contributed by atoms with Gasteiger partial charge in [0, 0.05) is 48.1 Å². The highest BCUT2D eigenvalue weighted by Crippen LogP contribution is 2.32. The van der Waals surface area contributed by atoms with Gasteiger partial charge in [-0.3, -0.25) is 4.98 Å². The third-order valence-electron chi connectivity index (χ3n) is 4.39. The summed E-state index contributed by atoms with van der Waals surface area (Å²) in [6.45, 7) is 1.40. The summed E-state index contributed by atoms with van der Waals surface area (Å²) in [6, 6.07) is 14.8. The molecule has 1 N–H and O–H groups in total. The molecule has 0 spiro atoms. The van der Waals surface area contributed by atoms with Gasteiger partial charge in [-0.05, 0) is 48.0 Å². The number of halogens is 1. The molecule has 126 valence electrons. The molecule has 25 heavy (non-hydrogen) atoms. The molecular formula is C19H17ClN4O. The Labute approximate surface area is 150 Å². The van der Waals surface area contributed by atoms with Gasteiger partial charge in [0.15, 0.2) is 0 Å². The number of nitrogens with one attached hydrogen (secondary N) is 1. The number of urea groups is 1. The van der Waals surface area contributed by atoms with Crippen molar-refractivity contribution in [3.8, 4) is 0 Å². The Morgan fingerprint density at radius 2 is 1.96 bits per heavy atom. The Morgan fingerprint density at radius 3 is 2.72 bits per heavy atom. The van der Waals surface area contributed by atoms with Gasteiger partial charge in [0.05, 0.1) is 0 Å². The SMILES string of the molecule is O=C(Nc1ccc(Cl)cc1)N1CCn2cccc2[C@@H]1c1cccnc1. The molecule has 3 aromatic rings. The van der Waals surface area contributed by atoms with Crippen LogP contribution in [0.25, 0.3) is 0 Å². The summed E-state index contributed by atoms with van der Waals surface area (Å²) >= 11 is 5.91. The van der Waals surface area contributed by atoms with E-state index in [-0.39, 0.29) is 12.1 Å². The zero-order valence-electron chi connectivity index (χ0n) is 13.5. The van der Waals surface area contributed by atoms with Crippen molar-refractivity contribution in [3.63, 3.8) is 0 Å². The fraction of sp³-hybridized carbons (Fsp3) is 0.158. The number of nitrogens with zero attached hydrogens (tertiary/aromatic N) is 3. The van der Waals surface area contributed by atoms with Crippen LogP contribution in [0.5, 0.6) is 0 Å². The summed E-state index contributed by atoms with van der Waals surface area (Å²) in [5.41, 5.74) is 2.80. The number of fused-ring (bicyclic) bond motifs is 1. The van der Waals surface area contributed by atoms with Gasteiger partial charge in [-0.15, -0.1) is 0 Å². The van der Waals surface area contributed by atoms with Crippen LogP contribution >= 0.6 is 11.6 Å². The van der Waals surface area contributed by atoms with Crippen molar-refractivity contribution in [2.24, 2.45) is 0 Å². The Morgan fingerprint density at radius 1 is 1.12 bits per heavy atom. The summed E-state index contributed by atoms with van der Waals surface area (Å²) in [4.78, 5) is 19.0. The fourth-order valence-corrected chi connectivity index (χ4v) is 3.35. The van der Waals surface area contributed by atoms with E-state index < -0.39 is 0 Å². The summed E-state index contributed by atoms with van der Waals surface area (Å²) in [7, 11) is 0. The number of anilines is 1. The standard InChI is InChI=1S/C19H17ClN4O/c20-15-5-7-16(8-6-15)22-19(25)24-12-11-23-10-2-4-17(23)18(24)14-3-1-9-21-13-14/h1-10,13,18H,11-12H2,(H,22,25)/t18-/m0/s1. The largest absolute Gasteiger partial charge is 0.348 e. The van der Waals surface area contributed by atoms with E-state index in [9.17, 15) is 4.79 Å².